The van der Waals surface area contributed by atoms with Crippen molar-refractivity contribution in [3.05, 3.63) is 38.7 Å². The van der Waals surface area contributed by atoms with E-state index < -0.39 is 24.3 Å². The van der Waals surface area contributed by atoms with E-state index in [1.54, 1.807) is 18.0 Å². The average Bonchev–Trinajstić information content (AvgIpc) is 3.45. The third-order valence-corrected chi connectivity index (χ3v) is 9.55. The molecule has 7 atom stereocenters. The molecule has 6 rings (SSSR count). The first kappa shape index (κ1) is 17.5. The van der Waals surface area contributed by atoms with E-state index >= 15 is 0 Å². The van der Waals surface area contributed by atoms with Crippen LogP contribution < -0.4 is 4.87 Å². The number of aromatic nitrogens is 1. The number of nitrogens with zero attached hydrogens (tertiary/aromatic N) is 1. The van der Waals surface area contributed by atoms with Crippen molar-refractivity contribution in [1.29, 1.82) is 0 Å². The van der Waals surface area contributed by atoms with Gasteiger partial charge in [0, 0.05) is 5.25 Å². The molecule has 150 valence electrons. The molecule has 2 aliphatic carbocycles. The van der Waals surface area contributed by atoms with Crippen molar-refractivity contribution in [2.45, 2.75) is 22.6 Å². The number of carbonyl (C=O) groups is 3. The van der Waals surface area contributed by atoms with E-state index in [2.05, 4.69) is 4.98 Å². The fourth-order valence-corrected chi connectivity index (χ4v) is 9.03. The zero-order valence-electron chi connectivity index (χ0n) is 14.9. The minimum Gasteiger partial charge on any atom is -0.480 e. The van der Waals surface area contributed by atoms with Crippen LogP contribution in [-0.4, -0.2) is 44.6 Å². The van der Waals surface area contributed by atoms with Gasteiger partial charge >= 0.3 is 10.8 Å². The molecule has 10 heteroatoms. The van der Waals surface area contributed by atoms with E-state index in [1.165, 1.54) is 11.3 Å². The predicted octanol–water partition coefficient (Wildman–Crippen LogP) is 1.59. The van der Waals surface area contributed by atoms with Gasteiger partial charge in [-0.2, -0.15) is 0 Å². The molecule has 4 heterocycles. The third kappa shape index (κ3) is 2.21. The zero-order chi connectivity index (χ0) is 20.0. The lowest BCUT2D eigenvalue weighted by atomic mass is 9.69. The molecular formula is C19H16N2O6S2. The maximum absolute atomic E-state index is 13.0. The molecule has 4 aliphatic rings. The monoisotopic (exact) mass is 432 g/mol. The lowest BCUT2D eigenvalue weighted by molar-refractivity contribution is -0.149. The van der Waals surface area contributed by atoms with E-state index in [9.17, 15) is 19.2 Å². The Balaban J connectivity index is 1.45. The SMILES string of the molecule is O=C(O)CN1C(=O)[C@@H]2[C@H]3C[C@@H]([C@@H]2C1=O)[C@@H]1[C@@H](c2ccco2)c2sc(=O)[nH]c2S[C@H]31. The number of thioether (sulfide) groups is 1. The number of nitrogens with one attached hydrogen (secondary N) is 1. The number of thiazole rings is 1. The Hall–Kier alpha value is -2.33. The largest absolute Gasteiger partial charge is 0.480 e. The zero-order valence-corrected chi connectivity index (χ0v) is 16.6. The summed E-state index contributed by atoms with van der Waals surface area (Å²) < 4.78 is 5.73. The van der Waals surface area contributed by atoms with Crippen LogP contribution in [0.15, 0.2) is 32.6 Å². The van der Waals surface area contributed by atoms with Gasteiger partial charge < -0.3 is 14.5 Å². The summed E-state index contributed by atoms with van der Waals surface area (Å²) in [5.74, 6) is -2.16. The molecule has 2 amide bonds. The molecule has 2 aromatic heterocycles. The molecule has 2 aromatic rings. The molecule has 2 saturated carbocycles. The van der Waals surface area contributed by atoms with Gasteiger partial charge in [0.05, 0.1) is 33.9 Å². The van der Waals surface area contributed by atoms with Crippen molar-refractivity contribution in [2.75, 3.05) is 6.54 Å². The fourth-order valence-electron chi connectivity index (χ4n) is 6.16. The molecular weight excluding hydrogens is 416 g/mol. The molecule has 3 fully saturated rings. The lowest BCUT2D eigenvalue weighted by Crippen LogP contribution is -2.42. The summed E-state index contributed by atoms with van der Waals surface area (Å²) in [5.41, 5.74) is 0. The van der Waals surface area contributed by atoms with Crippen LogP contribution in [0.4, 0.5) is 0 Å². The van der Waals surface area contributed by atoms with Crippen molar-refractivity contribution < 1.29 is 23.9 Å². The van der Waals surface area contributed by atoms with E-state index in [4.69, 9.17) is 9.52 Å². The second-order valence-corrected chi connectivity index (χ2v) is 10.3. The highest BCUT2D eigenvalue weighted by Crippen LogP contribution is 2.68. The van der Waals surface area contributed by atoms with Gasteiger partial charge in [-0.1, -0.05) is 11.3 Å². The number of H-pyrrole nitrogens is 1. The normalized spacial score (nSPS) is 37.0. The van der Waals surface area contributed by atoms with Crippen LogP contribution in [0.3, 0.4) is 0 Å². The Kier molecular flexibility index (Phi) is 3.54. The van der Waals surface area contributed by atoms with Crippen molar-refractivity contribution in [2.24, 2.45) is 29.6 Å². The second kappa shape index (κ2) is 5.85. The number of amides is 2. The first-order chi connectivity index (χ1) is 14.0. The molecule has 0 spiro atoms. The van der Waals surface area contributed by atoms with Crippen LogP contribution in [-0.2, 0) is 14.4 Å². The van der Waals surface area contributed by atoms with Gasteiger partial charge in [0.1, 0.15) is 12.3 Å². The molecule has 0 aromatic carbocycles. The van der Waals surface area contributed by atoms with E-state index in [-0.39, 0.29) is 45.6 Å². The van der Waals surface area contributed by atoms with Crippen molar-refractivity contribution >= 4 is 40.9 Å². The minimum atomic E-state index is -1.18. The van der Waals surface area contributed by atoms with Crippen LogP contribution >= 0.6 is 23.1 Å². The number of furan rings is 1. The summed E-state index contributed by atoms with van der Waals surface area (Å²) in [6, 6.07) is 3.71. The molecule has 2 aliphatic heterocycles. The highest BCUT2D eigenvalue weighted by molar-refractivity contribution is 8.00. The van der Waals surface area contributed by atoms with Gasteiger partial charge in [-0.3, -0.25) is 24.1 Å². The third-order valence-electron chi connectivity index (χ3n) is 6.96. The summed E-state index contributed by atoms with van der Waals surface area (Å²) in [4.78, 5) is 53.8. The van der Waals surface area contributed by atoms with Gasteiger partial charge in [0.25, 0.3) is 0 Å². The number of carboxylic acids is 1. The number of hydrogen-bond acceptors (Lipinski definition) is 7. The first-order valence-electron chi connectivity index (χ1n) is 9.45. The summed E-state index contributed by atoms with van der Waals surface area (Å²) >= 11 is 2.77. The van der Waals surface area contributed by atoms with E-state index in [0.717, 1.165) is 27.0 Å². The second-order valence-electron chi connectivity index (χ2n) is 8.13. The van der Waals surface area contributed by atoms with Crippen LogP contribution in [0.2, 0.25) is 0 Å². The Labute approximate surface area is 172 Å². The summed E-state index contributed by atoms with van der Waals surface area (Å²) in [6.45, 7) is -0.575. The number of aromatic amines is 1. The van der Waals surface area contributed by atoms with Gasteiger partial charge in [-0.25, -0.2) is 0 Å². The average molecular weight is 432 g/mol. The van der Waals surface area contributed by atoms with Gasteiger partial charge in [-0.15, -0.1) is 11.8 Å². The lowest BCUT2D eigenvalue weighted by Gasteiger charge is -2.42. The molecule has 1 saturated heterocycles. The maximum Gasteiger partial charge on any atom is 0.323 e. The molecule has 2 N–H and O–H groups in total. The molecule has 0 unspecified atom stereocenters. The van der Waals surface area contributed by atoms with Crippen LogP contribution in [0.5, 0.6) is 0 Å². The number of rotatable bonds is 3. The Bertz CT molecular complexity index is 1100. The Morgan fingerprint density at radius 3 is 2.69 bits per heavy atom. The van der Waals surface area contributed by atoms with E-state index in [1.807, 2.05) is 12.1 Å². The first-order valence-corrected chi connectivity index (χ1v) is 11.2. The fraction of sp³-hybridized carbons (Fsp3) is 0.474. The van der Waals surface area contributed by atoms with Gasteiger partial charge in [0.15, 0.2) is 0 Å². The van der Waals surface area contributed by atoms with Crippen LogP contribution in [0.1, 0.15) is 23.0 Å². The quantitative estimate of drug-likeness (QED) is 0.707. The molecule has 2 bridgehead atoms. The summed E-state index contributed by atoms with van der Waals surface area (Å²) in [5, 5.41) is 10.0. The number of imide groups is 1. The van der Waals surface area contributed by atoms with Crippen molar-refractivity contribution in [1.82, 2.24) is 9.88 Å². The number of hydrogen-bond donors (Lipinski definition) is 2. The Morgan fingerprint density at radius 1 is 1.24 bits per heavy atom. The highest BCUT2D eigenvalue weighted by Gasteiger charge is 2.69. The number of likely N-dealkylation sites (tertiary alicyclic amines) is 1. The molecule has 29 heavy (non-hydrogen) atoms. The standard InChI is InChI=1S/C19H16N2O6S2/c22-9(23)5-21-17(24)11-6-4-7(12(11)18(21)25)14-10(6)13(8-2-1-3-27-8)15-16(28-14)20-19(26)29-15/h1-3,6-7,10-14H,4-5H2,(H,20,26)(H,22,23)/t6-,7-,10-,11+,12-,13-,14-/m1/s1. The topological polar surface area (TPSA) is 121 Å². The highest BCUT2D eigenvalue weighted by atomic mass is 32.2. The summed E-state index contributed by atoms with van der Waals surface area (Å²) in [7, 11) is 0. The molecule has 8 nitrogen and oxygen atoms in total. The minimum absolute atomic E-state index is 0.00995. The van der Waals surface area contributed by atoms with Gasteiger partial charge in [0.2, 0.25) is 11.8 Å². The number of carbonyl (C=O) groups excluding carboxylic acids is 2. The van der Waals surface area contributed by atoms with Crippen molar-refractivity contribution in [3.8, 4) is 0 Å². The Morgan fingerprint density at radius 2 is 2.00 bits per heavy atom. The maximum atomic E-state index is 13.0. The number of fused-ring (bicyclic) bond motifs is 9. The molecule has 0 radical (unpaired) electrons. The van der Waals surface area contributed by atoms with Gasteiger partial charge in [-0.05, 0) is 36.3 Å². The van der Waals surface area contributed by atoms with Crippen molar-refractivity contribution in [3.63, 3.8) is 0 Å². The number of aliphatic carboxylic acids is 1. The smallest absolute Gasteiger partial charge is 0.323 e. The predicted molar refractivity (Wildman–Crippen MR) is 102 cm³/mol. The summed E-state index contributed by atoms with van der Waals surface area (Å²) in [6.07, 6.45) is 2.38. The van der Waals surface area contributed by atoms with E-state index in [0.29, 0.717) is 0 Å². The van der Waals surface area contributed by atoms with Crippen LogP contribution in [0, 0.1) is 29.6 Å². The number of carboxylic acid groups (broad SMARTS) is 1. The van der Waals surface area contributed by atoms with Crippen LogP contribution in [0.25, 0.3) is 0 Å².